The van der Waals surface area contributed by atoms with E-state index >= 15 is 0 Å². The minimum Gasteiger partial charge on any atom is -0.377 e. The molecule has 1 amide bonds. The van der Waals surface area contributed by atoms with Crippen LogP contribution in [0.2, 0.25) is 0 Å². The molecular weight excluding hydrogens is 289 g/mol. The summed E-state index contributed by atoms with van der Waals surface area (Å²) in [5.74, 6) is -0.993. The van der Waals surface area contributed by atoms with Gasteiger partial charge in [-0.15, -0.1) is 0 Å². The third kappa shape index (κ3) is 4.09. The van der Waals surface area contributed by atoms with E-state index in [1.807, 2.05) is 13.8 Å². The standard InChI is InChI=1S/C12H15BrFNO2/c1-12(2,17-3)7-15-11(16)9-5-4-8(13)6-10(9)14/h4-6H,7H2,1-3H3,(H,15,16). The lowest BCUT2D eigenvalue weighted by molar-refractivity contribution is 0.0228. The lowest BCUT2D eigenvalue weighted by Crippen LogP contribution is -2.39. The van der Waals surface area contributed by atoms with Crippen LogP contribution in [0.25, 0.3) is 0 Å². The summed E-state index contributed by atoms with van der Waals surface area (Å²) in [6.07, 6.45) is 0. The average molecular weight is 304 g/mol. The second-order valence-corrected chi connectivity index (χ2v) is 5.19. The van der Waals surface area contributed by atoms with Crippen LogP contribution >= 0.6 is 15.9 Å². The first-order chi connectivity index (χ1) is 7.85. The first-order valence-electron chi connectivity index (χ1n) is 5.14. The molecule has 1 aromatic carbocycles. The number of carbonyl (C=O) groups excluding carboxylic acids is 1. The molecule has 0 aliphatic rings. The molecule has 1 aromatic rings. The van der Waals surface area contributed by atoms with Crippen molar-refractivity contribution in [2.75, 3.05) is 13.7 Å². The van der Waals surface area contributed by atoms with E-state index in [4.69, 9.17) is 4.74 Å². The van der Waals surface area contributed by atoms with E-state index in [-0.39, 0.29) is 5.56 Å². The van der Waals surface area contributed by atoms with Crippen molar-refractivity contribution in [3.63, 3.8) is 0 Å². The Morgan fingerprint density at radius 2 is 2.18 bits per heavy atom. The highest BCUT2D eigenvalue weighted by Crippen LogP contribution is 2.15. The predicted octanol–water partition coefficient (Wildman–Crippen LogP) is 2.74. The average Bonchev–Trinajstić information content (AvgIpc) is 2.26. The lowest BCUT2D eigenvalue weighted by atomic mass is 10.1. The minimum absolute atomic E-state index is 0.0279. The molecule has 0 unspecified atom stereocenters. The molecule has 5 heteroatoms. The first-order valence-corrected chi connectivity index (χ1v) is 5.93. The van der Waals surface area contributed by atoms with E-state index in [1.165, 1.54) is 12.1 Å². The van der Waals surface area contributed by atoms with Gasteiger partial charge in [-0.2, -0.15) is 0 Å². The molecule has 0 fully saturated rings. The number of hydrogen-bond donors (Lipinski definition) is 1. The summed E-state index contributed by atoms with van der Waals surface area (Å²) in [6.45, 7) is 3.99. The highest BCUT2D eigenvalue weighted by Gasteiger charge is 2.19. The van der Waals surface area contributed by atoms with Crippen LogP contribution in [-0.4, -0.2) is 25.2 Å². The lowest BCUT2D eigenvalue weighted by Gasteiger charge is -2.23. The summed E-state index contributed by atoms with van der Waals surface area (Å²) in [5.41, 5.74) is -0.443. The summed E-state index contributed by atoms with van der Waals surface area (Å²) >= 11 is 3.14. The SMILES string of the molecule is COC(C)(C)CNC(=O)c1ccc(Br)cc1F. The van der Waals surface area contributed by atoms with Gasteiger partial charge in [-0.1, -0.05) is 15.9 Å². The molecule has 0 atom stereocenters. The van der Waals surface area contributed by atoms with E-state index in [1.54, 1.807) is 13.2 Å². The zero-order chi connectivity index (χ0) is 13.1. The van der Waals surface area contributed by atoms with Crippen LogP contribution in [0.1, 0.15) is 24.2 Å². The van der Waals surface area contributed by atoms with Gasteiger partial charge in [0.1, 0.15) is 5.82 Å². The van der Waals surface area contributed by atoms with Gasteiger partial charge in [0.15, 0.2) is 0 Å². The van der Waals surface area contributed by atoms with Gasteiger partial charge in [-0.25, -0.2) is 4.39 Å². The van der Waals surface area contributed by atoms with Crippen LogP contribution < -0.4 is 5.32 Å². The Balaban J connectivity index is 2.71. The number of methoxy groups -OCH3 is 1. The number of rotatable bonds is 4. The number of carbonyl (C=O) groups is 1. The maximum atomic E-state index is 13.5. The molecule has 0 spiro atoms. The highest BCUT2D eigenvalue weighted by atomic mass is 79.9. The fourth-order valence-corrected chi connectivity index (χ4v) is 1.47. The number of hydrogen-bond acceptors (Lipinski definition) is 2. The van der Waals surface area contributed by atoms with Crippen molar-refractivity contribution in [1.29, 1.82) is 0 Å². The van der Waals surface area contributed by atoms with Crippen LogP contribution in [-0.2, 0) is 4.74 Å². The quantitative estimate of drug-likeness (QED) is 0.929. The molecule has 1 rings (SSSR count). The monoisotopic (exact) mass is 303 g/mol. The third-order valence-electron chi connectivity index (χ3n) is 2.40. The molecule has 3 nitrogen and oxygen atoms in total. The van der Waals surface area contributed by atoms with Crippen LogP contribution in [0.5, 0.6) is 0 Å². The smallest absolute Gasteiger partial charge is 0.254 e. The summed E-state index contributed by atoms with van der Waals surface area (Å²) in [7, 11) is 1.56. The molecule has 0 aliphatic carbocycles. The van der Waals surface area contributed by atoms with Crippen LogP contribution in [0.4, 0.5) is 4.39 Å². The van der Waals surface area contributed by atoms with Crippen molar-refractivity contribution in [2.45, 2.75) is 19.4 Å². The van der Waals surface area contributed by atoms with Crippen molar-refractivity contribution < 1.29 is 13.9 Å². The van der Waals surface area contributed by atoms with Gasteiger partial charge in [0.2, 0.25) is 0 Å². The Bertz CT molecular complexity index is 421. The van der Waals surface area contributed by atoms with E-state index in [2.05, 4.69) is 21.2 Å². The van der Waals surface area contributed by atoms with Gasteiger partial charge in [0.25, 0.3) is 5.91 Å². The second kappa shape index (κ2) is 5.60. The molecule has 0 radical (unpaired) electrons. The number of benzene rings is 1. The van der Waals surface area contributed by atoms with Crippen LogP contribution in [0, 0.1) is 5.82 Å². The van der Waals surface area contributed by atoms with Crippen molar-refractivity contribution in [3.8, 4) is 0 Å². The van der Waals surface area contributed by atoms with E-state index in [0.717, 1.165) is 0 Å². The van der Waals surface area contributed by atoms with Gasteiger partial charge in [-0.05, 0) is 32.0 Å². The molecule has 0 saturated carbocycles. The Hall–Kier alpha value is -0.940. The Kier molecular flexibility index (Phi) is 4.65. The van der Waals surface area contributed by atoms with Gasteiger partial charge >= 0.3 is 0 Å². The van der Waals surface area contributed by atoms with Crippen molar-refractivity contribution in [2.24, 2.45) is 0 Å². The summed E-state index contributed by atoms with van der Waals surface area (Å²) in [5, 5.41) is 2.63. The summed E-state index contributed by atoms with van der Waals surface area (Å²) in [4.78, 5) is 11.7. The van der Waals surface area contributed by atoms with Crippen molar-refractivity contribution in [1.82, 2.24) is 5.32 Å². The first kappa shape index (κ1) is 14.1. The molecule has 0 bridgehead atoms. The number of amides is 1. The Morgan fingerprint density at radius 3 is 2.71 bits per heavy atom. The number of halogens is 2. The van der Waals surface area contributed by atoms with Crippen molar-refractivity contribution >= 4 is 21.8 Å². The fraction of sp³-hybridized carbons (Fsp3) is 0.417. The van der Waals surface area contributed by atoms with E-state index in [0.29, 0.717) is 11.0 Å². The third-order valence-corrected chi connectivity index (χ3v) is 2.90. The largest absolute Gasteiger partial charge is 0.377 e. The molecule has 94 valence electrons. The maximum Gasteiger partial charge on any atom is 0.254 e. The molecule has 0 heterocycles. The Labute approximate surface area is 108 Å². The molecule has 1 N–H and O–H groups in total. The van der Waals surface area contributed by atoms with Crippen molar-refractivity contribution in [3.05, 3.63) is 34.1 Å². The van der Waals surface area contributed by atoms with Crippen LogP contribution in [0.15, 0.2) is 22.7 Å². The predicted molar refractivity (Wildman–Crippen MR) is 67.5 cm³/mol. The molecule has 17 heavy (non-hydrogen) atoms. The zero-order valence-electron chi connectivity index (χ0n) is 10.0. The fourth-order valence-electron chi connectivity index (χ4n) is 1.13. The molecule has 0 aliphatic heterocycles. The van der Waals surface area contributed by atoms with E-state index < -0.39 is 17.3 Å². The highest BCUT2D eigenvalue weighted by molar-refractivity contribution is 9.10. The minimum atomic E-state index is -0.549. The maximum absolute atomic E-state index is 13.5. The van der Waals surface area contributed by atoms with Gasteiger partial charge in [0, 0.05) is 18.1 Å². The molecule has 0 saturated heterocycles. The molecule has 0 aromatic heterocycles. The number of nitrogens with one attached hydrogen (secondary N) is 1. The van der Waals surface area contributed by atoms with Gasteiger partial charge in [0.05, 0.1) is 11.2 Å². The van der Waals surface area contributed by atoms with E-state index in [9.17, 15) is 9.18 Å². The Morgan fingerprint density at radius 1 is 1.53 bits per heavy atom. The van der Waals surface area contributed by atoms with Crippen LogP contribution in [0.3, 0.4) is 0 Å². The zero-order valence-corrected chi connectivity index (χ0v) is 11.6. The van der Waals surface area contributed by atoms with Gasteiger partial charge in [-0.3, -0.25) is 4.79 Å². The number of ether oxygens (including phenoxy) is 1. The van der Waals surface area contributed by atoms with Gasteiger partial charge < -0.3 is 10.1 Å². The summed E-state index contributed by atoms with van der Waals surface area (Å²) < 4.78 is 19.2. The molecular formula is C12H15BrFNO2. The summed E-state index contributed by atoms with van der Waals surface area (Å²) in [6, 6.07) is 4.32. The second-order valence-electron chi connectivity index (χ2n) is 4.27. The topological polar surface area (TPSA) is 38.3 Å². The normalized spacial score (nSPS) is 11.4.